The number of nitro benzene ring substituents is 2. The van der Waals surface area contributed by atoms with E-state index in [4.69, 9.17) is 0 Å². The van der Waals surface area contributed by atoms with Crippen LogP contribution in [0.15, 0.2) is 60.7 Å². The molecule has 4 aromatic rings. The second-order valence-corrected chi connectivity index (χ2v) is 6.60. The monoisotopic (exact) mass is 370 g/mol. The first-order valence-corrected chi connectivity index (χ1v) is 8.44. The maximum absolute atomic E-state index is 13.2. The van der Waals surface area contributed by atoms with Crippen LogP contribution < -0.4 is 0 Å². The predicted molar refractivity (Wildman–Crippen MR) is 104 cm³/mol. The summed E-state index contributed by atoms with van der Waals surface area (Å²) in [7, 11) is 0. The minimum atomic E-state index is -0.514. The average Bonchev–Trinajstić information content (AvgIpc) is 2.70. The van der Waals surface area contributed by atoms with Crippen LogP contribution in [0, 0.1) is 20.2 Å². The van der Waals surface area contributed by atoms with Crippen LogP contribution in [0.2, 0.25) is 0 Å². The van der Waals surface area contributed by atoms with E-state index in [2.05, 4.69) is 0 Å². The molecule has 5 rings (SSSR count). The Labute approximate surface area is 157 Å². The first-order chi connectivity index (χ1) is 13.5. The molecule has 0 spiro atoms. The quantitative estimate of drug-likeness (QED) is 0.320. The summed E-state index contributed by atoms with van der Waals surface area (Å²) in [5, 5.41) is 25.2. The molecule has 7 nitrogen and oxygen atoms in total. The summed E-state index contributed by atoms with van der Waals surface area (Å²) in [6, 6.07) is 15.9. The molecule has 1 aliphatic carbocycles. The molecule has 0 atom stereocenters. The van der Waals surface area contributed by atoms with Crippen molar-refractivity contribution in [3.63, 3.8) is 0 Å². The Hall–Kier alpha value is -4.13. The largest absolute Gasteiger partial charge is 0.289 e. The van der Waals surface area contributed by atoms with Crippen LogP contribution in [0.4, 0.5) is 11.4 Å². The summed E-state index contributed by atoms with van der Waals surface area (Å²) in [5.41, 5.74) is 1.36. The highest BCUT2D eigenvalue weighted by atomic mass is 16.6. The molecular formula is C21H10N2O5. The molecule has 0 saturated carbocycles. The number of benzene rings is 4. The van der Waals surface area contributed by atoms with Crippen LogP contribution in [-0.4, -0.2) is 15.6 Å². The smallest absolute Gasteiger partial charge is 0.277 e. The highest BCUT2D eigenvalue weighted by Crippen LogP contribution is 2.46. The van der Waals surface area contributed by atoms with Gasteiger partial charge >= 0.3 is 0 Å². The fourth-order valence-electron chi connectivity index (χ4n) is 4.03. The molecular weight excluding hydrogens is 360 g/mol. The van der Waals surface area contributed by atoms with E-state index in [1.807, 2.05) is 0 Å². The Morgan fingerprint density at radius 3 is 2.18 bits per heavy atom. The highest BCUT2D eigenvalue weighted by Gasteiger charge is 2.31. The third-order valence-electron chi connectivity index (χ3n) is 5.15. The Bertz CT molecular complexity index is 1390. The molecule has 0 saturated heterocycles. The van der Waals surface area contributed by atoms with Crippen LogP contribution in [-0.2, 0) is 0 Å². The van der Waals surface area contributed by atoms with Crippen LogP contribution in [0.5, 0.6) is 0 Å². The number of carbonyl (C=O) groups excluding carboxylic acids is 1. The molecule has 0 unspecified atom stereocenters. The van der Waals surface area contributed by atoms with Gasteiger partial charge in [0.05, 0.1) is 15.2 Å². The van der Waals surface area contributed by atoms with Gasteiger partial charge in [-0.1, -0.05) is 36.4 Å². The lowest BCUT2D eigenvalue weighted by atomic mass is 9.80. The predicted octanol–water partition coefficient (Wildman–Crippen LogP) is 5.02. The van der Waals surface area contributed by atoms with E-state index < -0.39 is 9.85 Å². The first kappa shape index (κ1) is 16.1. The standard InChI is InChI=1S/C21H10N2O5/c24-21-15-7-3-4-11-8-12(22(25)26)9-16(19(11)15)20-14-6-2-1-5-13(14)18(23(27)28)10-17(20)21/h1-10H. The number of non-ortho nitro benzene ring substituents is 2. The van der Waals surface area contributed by atoms with Crippen molar-refractivity contribution in [3.05, 3.63) is 92.0 Å². The molecule has 0 aromatic heterocycles. The van der Waals surface area contributed by atoms with Crippen molar-refractivity contribution in [2.24, 2.45) is 0 Å². The molecule has 0 fully saturated rings. The molecule has 0 bridgehead atoms. The second kappa shape index (κ2) is 5.43. The second-order valence-electron chi connectivity index (χ2n) is 6.60. The van der Waals surface area contributed by atoms with E-state index in [1.54, 1.807) is 42.5 Å². The number of nitrogens with zero attached hydrogens (tertiary/aromatic N) is 2. The van der Waals surface area contributed by atoms with Gasteiger partial charge in [-0.05, 0) is 22.4 Å². The van der Waals surface area contributed by atoms with Gasteiger partial charge in [0, 0.05) is 40.3 Å². The fraction of sp³-hybridized carbons (Fsp3) is 0. The SMILES string of the molecule is O=C1c2cc([N+](=O)[O-])c3ccccc3c2-c2cc([N+](=O)[O-])cc3cccc1c23. The van der Waals surface area contributed by atoms with E-state index in [1.165, 1.54) is 18.2 Å². The van der Waals surface area contributed by atoms with Gasteiger partial charge in [0.25, 0.3) is 11.4 Å². The zero-order valence-corrected chi connectivity index (χ0v) is 14.2. The molecule has 0 radical (unpaired) electrons. The van der Waals surface area contributed by atoms with Crippen molar-refractivity contribution in [1.82, 2.24) is 0 Å². The first-order valence-electron chi connectivity index (χ1n) is 8.44. The van der Waals surface area contributed by atoms with E-state index in [0.717, 1.165) is 0 Å². The highest BCUT2D eigenvalue weighted by molar-refractivity contribution is 6.30. The van der Waals surface area contributed by atoms with Crippen molar-refractivity contribution in [2.75, 3.05) is 0 Å². The van der Waals surface area contributed by atoms with E-state index in [9.17, 15) is 25.0 Å². The van der Waals surface area contributed by atoms with Gasteiger partial charge in [-0.3, -0.25) is 25.0 Å². The maximum atomic E-state index is 13.2. The number of fused-ring (bicyclic) bond motifs is 4. The van der Waals surface area contributed by atoms with Gasteiger partial charge < -0.3 is 0 Å². The lowest BCUT2D eigenvalue weighted by Crippen LogP contribution is -2.11. The van der Waals surface area contributed by atoms with Gasteiger partial charge in [0.2, 0.25) is 0 Å². The molecule has 1 aliphatic rings. The average molecular weight is 370 g/mol. The third-order valence-corrected chi connectivity index (χ3v) is 5.15. The lowest BCUT2D eigenvalue weighted by Gasteiger charge is -2.21. The number of hydrogen-bond donors (Lipinski definition) is 0. The van der Waals surface area contributed by atoms with E-state index >= 15 is 0 Å². The molecule has 28 heavy (non-hydrogen) atoms. The third kappa shape index (κ3) is 2.01. The van der Waals surface area contributed by atoms with E-state index in [-0.39, 0.29) is 22.7 Å². The van der Waals surface area contributed by atoms with Gasteiger partial charge in [0.1, 0.15) is 0 Å². The van der Waals surface area contributed by atoms with Crippen LogP contribution in [0.25, 0.3) is 32.7 Å². The summed E-state index contributed by atoms with van der Waals surface area (Å²) in [4.78, 5) is 35.2. The summed E-state index contributed by atoms with van der Waals surface area (Å²) < 4.78 is 0. The number of hydrogen-bond acceptors (Lipinski definition) is 5. The Morgan fingerprint density at radius 1 is 0.714 bits per heavy atom. The Kier molecular flexibility index (Phi) is 3.12. The summed E-state index contributed by atoms with van der Waals surface area (Å²) in [6.45, 7) is 0. The maximum Gasteiger partial charge on any atom is 0.277 e. The van der Waals surface area contributed by atoms with Crippen LogP contribution >= 0.6 is 0 Å². The number of ketones is 1. The lowest BCUT2D eigenvalue weighted by molar-refractivity contribution is -0.384. The Morgan fingerprint density at radius 2 is 1.46 bits per heavy atom. The molecule has 0 amide bonds. The molecule has 7 heteroatoms. The molecule has 134 valence electrons. The van der Waals surface area contributed by atoms with Crippen LogP contribution in [0.3, 0.4) is 0 Å². The fourth-order valence-corrected chi connectivity index (χ4v) is 4.03. The number of nitro groups is 2. The van der Waals surface area contributed by atoms with Gasteiger partial charge in [-0.15, -0.1) is 0 Å². The molecule has 0 heterocycles. The van der Waals surface area contributed by atoms with E-state index in [0.29, 0.717) is 38.2 Å². The molecule has 4 aromatic carbocycles. The molecule has 0 N–H and O–H groups in total. The minimum Gasteiger partial charge on any atom is -0.289 e. The Balaban J connectivity index is 2.05. The molecule has 0 aliphatic heterocycles. The van der Waals surface area contributed by atoms with Crippen molar-refractivity contribution >= 4 is 38.7 Å². The summed E-state index contributed by atoms with van der Waals surface area (Å²) in [6.07, 6.45) is 0. The number of carbonyl (C=O) groups is 1. The van der Waals surface area contributed by atoms with Crippen LogP contribution in [0.1, 0.15) is 15.9 Å². The van der Waals surface area contributed by atoms with Gasteiger partial charge in [-0.25, -0.2) is 0 Å². The topological polar surface area (TPSA) is 103 Å². The minimum absolute atomic E-state index is 0.0950. The zero-order chi connectivity index (χ0) is 19.6. The summed E-state index contributed by atoms with van der Waals surface area (Å²) >= 11 is 0. The normalized spacial score (nSPS) is 12.2. The number of rotatable bonds is 2. The van der Waals surface area contributed by atoms with Gasteiger partial charge in [0.15, 0.2) is 5.78 Å². The zero-order valence-electron chi connectivity index (χ0n) is 14.2. The van der Waals surface area contributed by atoms with Crippen molar-refractivity contribution < 1.29 is 14.6 Å². The van der Waals surface area contributed by atoms with Crippen molar-refractivity contribution in [2.45, 2.75) is 0 Å². The van der Waals surface area contributed by atoms with Crippen molar-refractivity contribution in [1.29, 1.82) is 0 Å². The van der Waals surface area contributed by atoms with Gasteiger partial charge in [-0.2, -0.15) is 0 Å². The van der Waals surface area contributed by atoms with Crippen molar-refractivity contribution in [3.8, 4) is 11.1 Å². The summed E-state index contributed by atoms with van der Waals surface area (Å²) in [5.74, 6) is -0.323.